The molecule has 4 heterocycles. The topological polar surface area (TPSA) is 78.4 Å². The van der Waals surface area contributed by atoms with E-state index in [-0.39, 0.29) is 17.7 Å². The molecule has 0 spiro atoms. The van der Waals surface area contributed by atoms with Gasteiger partial charge in [0.2, 0.25) is 11.8 Å². The van der Waals surface area contributed by atoms with Crippen LogP contribution in [0.1, 0.15) is 51.0 Å². The van der Waals surface area contributed by atoms with Gasteiger partial charge in [-0.15, -0.1) is 5.10 Å². The first-order valence-corrected chi connectivity index (χ1v) is 11.7. The van der Waals surface area contributed by atoms with Crippen LogP contribution in [-0.2, 0) is 9.59 Å². The van der Waals surface area contributed by atoms with Crippen LogP contribution in [0.15, 0.2) is 42.6 Å². The number of benzene rings is 1. The monoisotopic (exact) mass is 433 g/mol. The number of hydrogen-bond acceptors (Lipinski definition) is 5. The fourth-order valence-electron chi connectivity index (χ4n) is 5.48. The Morgan fingerprint density at radius 2 is 1.72 bits per heavy atom. The lowest BCUT2D eigenvalue weighted by Gasteiger charge is -2.40. The zero-order chi connectivity index (χ0) is 22.2. The predicted molar refractivity (Wildman–Crippen MR) is 123 cm³/mol. The molecule has 1 aromatic heterocycles. The van der Waals surface area contributed by atoms with E-state index in [4.69, 9.17) is 0 Å². The summed E-state index contributed by atoms with van der Waals surface area (Å²) in [5.41, 5.74) is 2.15. The first-order valence-electron chi connectivity index (χ1n) is 11.7. The molecular formula is C25H31N5O2. The van der Waals surface area contributed by atoms with Crippen molar-refractivity contribution in [1.29, 1.82) is 0 Å². The van der Waals surface area contributed by atoms with Gasteiger partial charge in [0.25, 0.3) is 0 Å². The highest BCUT2D eigenvalue weighted by Gasteiger charge is 2.43. The molecule has 3 aliphatic rings. The molecule has 3 aliphatic heterocycles. The molecule has 3 saturated heterocycles. The van der Waals surface area contributed by atoms with E-state index >= 15 is 0 Å². The average molecular weight is 434 g/mol. The molecule has 0 radical (unpaired) electrons. The maximum Gasteiger partial charge on any atom is 0.231 e. The number of nitrogens with one attached hydrogen (secondary N) is 1. The summed E-state index contributed by atoms with van der Waals surface area (Å²) in [5.74, 6) is 1.70. The van der Waals surface area contributed by atoms with Crippen molar-refractivity contribution in [2.24, 2.45) is 11.8 Å². The Hall–Kier alpha value is -2.96. The Bertz CT molecular complexity index is 958. The van der Waals surface area contributed by atoms with E-state index in [2.05, 4.69) is 37.4 Å². The molecule has 5 rings (SSSR count). The van der Waals surface area contributed by atoms with Crippen LogP contribution in [0, 0.1) is 11.8 Å². The molecule has 2 unspecified atom stereocenters. The van der Waals surface area contributed by atoms with Crippen molar-refractivity contribution in [3.63, 3.8) is 0 Å². The molecule has 2 amide bonds. The summed E-state index contributed by atoms with van der Waals surface area (Å²) in [6.45, 7) is 5.33. The van der Waals surface area contributed by atoms with Gasteiger partial charge in [-0.25, -0.2) is 0 Å². The molecule has 2 atom stereocenters. The van der Waals surface area contributed by atoms with Crippen LogP contribution in [0.3, 0.4) is 0 Å². The minimum Gasteiger partial charge on any atom is -0.353 e. The number of piperidine rings is 1. The molecule has 2 aromatic rings. The zero-order valence-corrected chi connectivity index (χ0v) is 18.8. The second-order valence-corrected chi connectivity index (χ2v) is 9.75. The average Bonchev–Trinajstić information content (AvgIpc) is 3.02. The molecule has 2 bridgehead atoms. The summed E-state index contributed by atoms with van der Waals surface area (Å²) in [7, 11) is 0. The van der Waals surface area contributed by atoms with Crippen molar-refractivity contribution < 1.29 is 9.59 Å². The minimum atomic E-state index is -0.0323. The highest BCUT2D eigenvalue weighted by Crippen LogP contribution is 2.43. The number of hydrogen-bond donors (Lipinski definition) is 1. The van der Waals surface area contributed by atoms with Crippen LogP contribution in [0.5, 0.6) is 0 Å². The van der Waals surface area contributed by atoms with Gasteiger partial charge in [0, 0.05) is 43.0 Å². The molecule has 1 aromatic carbocycles. The number of fused-ring (bicyclic) bond motifs is 2. The molecule has 168 valence electrons. The van der Waals surface area contributed by atoms with Crippen LogP contribution >= 0.6 is 0 Å². The molecule has 0 saturated carbocycles. The third kappa shape index (κ3) is 3.96. The van der Waals surface area contributed by atoms with Gasteiger partial charge in [-0.3, -0.25) is 9.59 Å². The molecule has 1 N–H and O–H groups in total. The number of anilines is 2. The van der Waals surface area contributed by atoms with Crippen molar-refractivity contribution in [2.45, 2.75) is 57.5 Å². The summed E-state index contributed by atoms with van der Waals surface area (Å²) in [5, 5.41) is 11.0. The summed E-state index contributed by atoms with van der Waals surface area (Å²) in [4.78, 5) is 29.4. The lowest BCUT2D eigenvalue weighted by atomic mass is 9.84. The van der Waals surface area contributed by atoms with Gasteiger partial charge in [-0.2, -0.15) is 5.10 Å². The zero-order valence-electron chi connectivity index (χ0n) is 18.8. The van der Waals surface area contributed by atoms with Crippen molar-refractivity contribution in [3.8, 4) is 0 Å². The van der Waals surface area contributed by atoms with Crippen molar-refractivity contribution in [3.05, 3.63) is 48.2 Å². The first-order chi connectivity index (χ1) is 15.5. The number of nitrogens with zero attached hydrogens (tertiary/aromatic N) is 4. The number of amides is 2. The van der Waals surface area contributed by atoms with E-state index in [1.165, 1.54) is 5.56 Å². The predicted octanol–water partition coefficient (Wildman–Crippen LogP) is 3.44. The number of aromatic nitrogens is 2. The summed E-state index contributed by atoms with van der Waals surface area (Å²) in [6, 6.07) is 12.8. The second-order valence-electron chi connectivity index (χ2n) is 9.75. The Kier molecular flexibility index (Phi) is 5.57. The third-order valence-electron chi connectivity index (χ3n) is 7.27. The fourth-order valence-corrected chi connectivity index (χ4v) is 5.48. The highest BCUT2D eigenvalue weighted by atomic mass is 16.2. The van der Waals surface area contributed by atoms with Gasteiger partial charge >= 0.3 is 0 Å². The van der Waals surface area contributed by atoms with E-state index in [0.717, 1.165) is 37.2 Å². The highest BCUT2D eigenvalue weighted by molar-refractivity contribution is 5.94. The maximum atomic E-state index is 12.6. The normalized spacial score (nSPS) is 25.0. The van der Waals surface area contributed by atoms with E-state index in [1.54, 1.807) is 6.20 Å². The van der Waals surface area contributed by atoms with Gasteiger partial charge in [-0.1, -0.05) is 26.0 Å². The van der Waals surface area contributed by atoms with Crippen molar-refractivity contribution in [1.82, 2.24) is 15.1 Å². The Labute approximate surface area is 189 Å². The van der Waals surface area contributed by atoms with E-state index in [9.17, 15) is 9.59 Å². The van der Waals surface area contributed by atoms with Gasteiger partial charge in [0.1, 0.15) is 0 Å². The molecule has 7 heteroatoms. The van der Waals surface area contributed by atoms with Crippen LogP contribution in [0.25, 0.3) is 0 Å². The van der Waals surface area contributed by atoms with E-state index in [0.29, 0.717) is 37.0 Å². The largest absolute Gasteiger partial charge is 0.353 e. The number of rotatable bonds is 5. The Morgan fingerprint density at radius 3 is 2.31 bits per heavy atom. The molecule has 32 heavy (non-hydrogen) atoms. The van der Waals surface area contributed by atoms with Crippen molar-refractivity contribution in [2.75, 3.05) is 23.3 Å². The quantitative estimate of drug-likeness (QED) is 0.782. The Morgan fingerprint density at radius 1 is 1.03 bits per heavy atom. The SMILES string of the molecule is CC(C)C(=O)N1C2CCC1CC(c1ccc(NC(=O)C3CN(c4cccnn4)C3)cc1)C2. The first kappa shape index (κ1) is 20.9. The molecule has 3 fully saturated rings. The lowest BCUT2D eigenvalue weighted by Crippen LogP contribution is -2.52. The van der Waals surface area contributed by atoms with Gasteiger partial charge < -0.3 is 15.1 Å². The van der Waals surface area contributed by atoms with E-state index in [1.807, 2.05) is 38.1 Å². The lowest BCUT2D eigenvalue weighted by molar-refractivity contribution is -0.139. The third-order valence-corrected chi connectivity index (χ3v) is 7.27. The fraction of sp³-hybridized carbons (Fsp3) is 0.520. The minimum absolute atomic E-state index is 0.0323. The molecule has 0 aliphatic carbocycles. The Balaban J connectivity index is 1.15. The van der Waals surface area contributed by atoms with Crippen LogP contribution in [0.2, 0.25) is 0 Å². The second kappa shape index (κ2) is 8.52. The summed E-state index contributed by atoms with van der Waals surface area (Å²) >= 11 is 0. The van der Waals surface area contributed by atoms with Crippen molar-refractivity contribution >= 4 is 23.3 Å². The van der Waals surface area contributed by atoms with Gasteiger partial charge in [-0.05, 0) is 61.4 Å². The maximum absolute atomic E-state index is 12.6. The number of carbonyl (C=O) groups excluding carboxylic acids is 2. The van der Waals surface area contributed by atoms with Crippen LogP contribution in [0.4, 0.5) is 11.5 Å². The smallest absolute Gasteiger partial charge is 0.231 e. The standard InChI is InChI=1S/C25H31N5O2/c1-16(2)25(32)30-21-9-10-22(30)13-18(12-21)17-5-7-20(8-6-17)27-24(31)19-14-29(15-19)23-4-3-11-26-28-23/h3-8,11,16,18-19,21-22H,9-10,12-15H2,1-2H3,(H,27,31). The van der Waals surface area contributed by atoms with Gasteiger partial charge in [0.05, 0.1) is 5.92 Å². The van der Waals surface area contributed by atoms with Gasteiger partial charge in [0.15, 0.2) is 5.82 Å². The summed E-state index contributed by atoms with van der Waals surface area (Å²) < 4.78 is 0. The molecule has 7 nitrogen and oxygen atoms in total. The molecular weight excluding hydrogens is 402 g/mol. The summed E-state index contributed by atoms with van der Waals surface area (Å²) in [6.07, 6.45) is 5.99. The van der Waals surface area contributed by atoms with Crippen LogP contribution < -0.4 is 10.2 Å². The number of carbonyl (C=O) groups is 2. The van der Waals surface area contributed by atoms with Crippen LogP contribution in [-0.4, -0.2) is 52.1 Å². The van der Waals surface area contributed by atoms with E-state index < -0.39 is 0 Å².